The van der Waals surface area contributed by atoms with E-state index in [0.717, 1.165) is 5.56 Å². The summed E-state index contributed by atoms with van der Waals surface area (Å²) in [5, 5.41) is 21.2. The molecule has 2 rings (SSSR count). The third kappa shape index (κ3) is 4.55. The van der Waals surface area contributed by atoms with Gasteiger partial charge in [0.15, 0.2) is 0 Å². The number of rotatable bonds is 7. The van der Waals surface area contributed by atoms with E-state index in [1.165, 1.54) is 6.07 Å². The number of carbonyl (C=O) groups excluding carboxylic acids is 1. The Kier molecular flexibility index (Phi) is 5.51. The molecule has 0 radical (unpaired) electrons. The van der Waals surface area contributed by atoms with Crippen LogP contribution in [0.25, 0.3) is 0 Å². The number of hydrogen-bond acceptors (Lipinski definition) is 5. The topological polar surface area (TPSA) is 102 Å². The molecule has 0 aliphatic carbocycles. The molecule has 0 fully saturated rings. The maximum Gasteiger partial charge on any atom is 0.293 e. The van der Waals surface area contributed by atoms with Gasteiger partial charge >= 0.3 is 0 Å². The van der Waals surface area contributed by atoms with Crippen molar-refractivity contribution in [2.75, 3.05) is 11.9 Å². The lowest BCUT2D eigenvalue weighted by molar-refractivity contribution is -0.384. The van der Waals surface area contributed by atoms with Crippen molar-refractivity contribution in [3.63, 3.8) is 0 Å². The number of aryl methyl sites for hydroxylation is 1. The number of anilines is 1. The molecule has 0 unspecified atom stereocenters. The number of carbonyl (C=O) groups is 1. The van der Waals surface area contributed by atoms with Crippen LogP contribution in [0.15, 0.2) is 30.6 Å². The fraction of sp³-hybridized carbons (Fsp3) is 0.375. The minimum Gasteiger partial charge on any atom is -0.378 e. The zero-order chi connectivity index (χ0) is 17.7. The largest absolute Gasteiger partial charge is 0.378 e. The van der Waals surface area contributed by atoms with Gasteiger partial charge in [-0.3, -0.25) is 19.6 Å². The molecular formula is C16H21N5O3. The second-order valence-electron chi connectivity index (χ2n) is 5.82. The van der Waals surface area contributed by atoms with Gasteiger partial charge in [0.1, 0.15) is 5.69 Å². The van der Waals surface area contributed by atoms with E-state index in [-0.39, 0.29) is 23.2 Å². The van der Waals surface area contributed by atoms with Crippen molar-refractivity contribution < 1.29 is 9.72 Å². The van der Waals surface area contributed by atoms with Crippen LogP contribution in [0.3, 0.4) is 0 Å². The van der Waals surface area contributed by atoms with Gasteiger partial charge in [0.25, 0.3) is 11.6 Å². The first-order valence-corrected chi connectivity index (χ1v) is 7.69. The number of benzene rings is 1. The molecule has 0 aliphatic heterocycles. The summed E-state index contributed by atoms with van der Waals surface area (Å²) in [5.74, 6) is -0.327. The van der Waals surface area contributed by atoms with E-state index in [0.29, 0.717) is 18.8 Å². The Morgan fingerprint density at radius 3 is 2.75 bits per heavy atom. The molecule has 0 bridgehead atoms. The minimum atomic E-state index is -0.494. The number of nitro groups is 1. The number of nitrogens with zero attached hydrogens (tertiary/aromatic N) is 3. The molecule has 2 aromatic rings. The molecule has 0 spiro atoms. The van der Waals surface area contributed by atoms with Crippen molar-refractivity contribution >= 4 is 17.3 Å². The van der Waals surface area contributed by atoms with Crippen molar-refractivity contribution in [1.82, 2.24) is 15.1 Å². The second kappa shape index (κ2) is 7.58. The van der Waals surface area contributed by atoms with Crippen LogP contribution in [0.2, 0.25) is 0 Å². The quantitative estimate of drug-likeness (QED) is 0.599. The lowest BCUT2D eigenvalue weighted by Crippen LogP contribution is -2.30. The average molecular weight is 331 g/mol. The van der Waals surface area contributed by atoms with Gasteiger partial charge in [0.05, 0.1) is 17.7 Å². The number of hydrogen-bond donors (Lipinski definition) is 2. The molecule has 1 aromatic carbocycles. The van der Waals surface area contributed by atoms with Gasteiger partial charge < -0.3 is 10.6 Å². The van der Waals surface area contributed by atoms with Crippen molar-refractivity contribution in [3.8, 4) is 0 Å². The van der Waals surface area contributed by atoms with Crippen LogP contribution in [0.5, 0.6) is 0 Å². The highest BCUT2D eigenvalue weighted by atomic mass is 16.6. The van der Waals surface area contributed by atoms with Crippen LogP contribution in [0, 0.1) is 17.0 Å². The molecule has 2 N–H and O–H groups in total. The third-order valence-corrected chi connectivity index (χ3v) is 3.30. The summed E-state index contributed by atoms with van der Waals surface area (Å²) in [4.78, 5) is 22.8. The van der Waals surface area contributed by atoms with Gasteiger partial charge in [0, 0.05) is 30.4 Å². The highest BCUT2D eigenvalue weighted by molar-refractivity contribution is 5.95. The Bertz CT molecular complexity index is 739. The van der Waals surface area contributed by atoms with E-state index < -0.39 is 4.92 Å². The predicted octanol–water partition coefficient (Wildman–Crippen LogP) is 2.35. The molecule has 8 nitrogen and oxygen atoms in total. The zero-order valence-corrected chi connectivity index (χ0v) is 13.9. The predicted molar refractivity (Wildman–Crippen MR) is 91.2 cm³/mol. The molecule has 0 atom stereocenters. The Morgan fingerprint density at radius 2 is 2.17 bits per heavy atom. The Morgan fingerprint density at radius 1 is 1.42 bits per heavy atom. The number of amides is 1. The highest BCUT2D eigenvalue weighted by Crippen LogP contribution is 2.25. The summed E-state index contributed by atoms with van der Waals surface area (Å²) in [6.07, 6.45) is 3.65. The van der Waals surface area contributed by atoms with Crippen molar-refractivity contribution in [1.29, 1.82) is 0 Å². The summed E-state index contributed by atoms with van der Waals surface area (Å²) in [7, 11) is 0. The molecule has 0 saturated carbocycles. The molecule has 128 valence electrons. The van der Waals surface area contributed by atoms with Crippen molar-refractivity contribution in [3.05, 3.63) is 51.8 Å². The Labute approximate surface area is 140 Å². The van der Waals surface area contributed by atoms with Crippen LogP contribution in [-0.4, -0.2) is 33.2 Å². The van der Waals surface area contributed by atoms with Crippen molar-refractivity contribution in [2.24, 2.45) is 0 Å². The van der Waals surface area contributed by atoms with Gasteiger partial charge in [0.2, 0.25) is 0 Å². The summed E-state index contributed by atoms with van der Waals surface area (Å²) < 4.78 is 1.76. The first-order valence-electron chi connectivity index (χ1n) is 7.69. The van der Waals surface area contributed by atoms with Gasteiger partial charge in [-0.05, 0) is 38.5 Å². The Hall–Kier alpha value is -2.90. The zero-order valence-electron chi connectivity index (χ0n) is 13.9. The number of aromatic nitrogens is 2. The number of nitrogens with one attached hydrogen (secondary N) is 2. The fourth-order valence-electron chi connectivity index (χ4n) is 2.21. The standard InChI is InChI=1S/C16H21N5O3/c1-11(2)19-16(22)13-4-5-14(15(8-13)21(23)24)17-6-7-20-10-12(3)9-18-20/h4-5,8-11,17H,6-7H2,1-3H3,(H,19,22). The monoisotopic (exact) mass is 331 g/mol. The van der Waals surface area contributed by atoms with E-state index in [1.54, 1.807) is 23.0 Å². The fourth-order valence-corrected chi connectivity index (χ4v) is 2.21. The maximum atomic E-state index is 12.0. The first-order chi connectivity index (χ1) is 11.4. The normalized spacial score (nSPS) is 10.7. The van der Waals surface area contributed by atoms with Gasteiger partial charge in [-0.2, -0.15) is 5.10 Å². The molecular weight excluding hydrogens is 310 g/mol. The van der Waals surface area contributed by atoms with Crippen LogP contribution in [0.4, 0.5) is 11.4 Å². The highest BCUT2D eigenvalue weighted by Gasteiger charge is 2.17. The lowest BCUT2D eigenvalue weighted by Gasteiger charge is -2.11. The molecule has 0 aliphatic rings. The molecule has 1 amide bonds. The van der Waals surface area contributed by atoms with Crippen LogP contribution >= 0.6 is 0 Å². The van der Waals surface area contributed by atoms with Crippen LogP contribution in [0.1, 0.15) is 29.8 Å². The van der Waals surface area contributed by atoms with E-state index in [9.17, 15) is 14.9 Å². The molecule has 1 aromatic heterocycles. The summed E-state index contributed by atoms with van der Waals surface area (Å²) in [6.45, 7) is 6.68. The van der Waals surface area contributed by atoms with E-state index >= 15 is 0 Å². The van der Waals surface area contributed by atoms with E-state index in [1.807, 2.05) is 27.0 Å². The number of nitro benzene ring substituents is 1. The molecule has 0 saturated heterocycles. The van der Waals surface area contributed by atoms with Gasteiger partial charge in [-0.25, -0.2) is 0 Å². The minimum absolute atomic E-state index is 0.0353. The molecule has 8 heteroatoms. The van der Waals surface area contributed by atoms with Gasteiger partial charge in [-0.15, -0.1) is 0 Å². The molecule has 24 heavy (non-hydrogen) atoms. The molecule has 1 heterocycles. The van der Waals surface area contributed by atoms with Crippen LogP contribution < -0.4 is 10.6 Å². The Balaban J connectivity index is 2.08. The summed E-state index contributed by atoms with van der Waals surface area (Å²) >= 11 is 0. The SMILES string of the molecule is Cc1cnn(CCNc2ccc(C(=O)NC(C)C)cc2[N+](=O)[O-])c1. The lowest BCUT2D eigenvalue weighted by atomic mass is 10.1. The maximum absolute atomic E-state index is 12.0. The second-order valence-corrected chi connectivity index (χ2v) is 5.82. The van der Waals surface area contributed by atoms with E-state index in [4.69, 9.17) is 0 Å². The first kappa shape index (κ1) is 17.5. The van der Waals surface area contributed by atoms with E-state index in [2.05, 4.69) is 15.7 Å². The smallest absolute Gasteiger partial charge is 0.293 e. The van der Waals surface area contributed by atoms with Crippen molar-refractivity contribution in [2.45, 2.75) is 33.4 Å². The summed E-state index contributed by atoms with van der Waals surface area (Å²) in [5.41, 5.74) is 1.58. The average Bonchev–Trinajstić information content (AvgIpc) is 2.92. The summed E-state index contributed by atoms with van der Waals surface area (Å²) in [6, 6.07) is 4.39. The third-order valence-electron chi connectivity index (χ3n) is 3.30. The van der Waals surface area contributed by atoms with Crippen LogP contribution in [-0.2, 0) is 6.54 Å². The van der Waals surface area contributed by atoms with Gasteiger partial charge in [-0.1, -0.05) is 0 Å².